The van der Waals surface area contributed by atoms with Crippen LogP contribution in [0.25, 0.3) is 0 Å². The van der Waals surface area contributed by atoms with Gasteiger partial charge >= 0.3 is 0 Å². The highest BCUT2D eigenvalue weighted by Gasteiger charge is 1.98. The molecule has 1 heterocycles. The summed E-state index contributed by atoms with van der Waals surface area (Å²) in [5.74, 6) is 0. The van der Waals surface area contributed by atoms with Crippen molar-refractivity contribution in [2.75, 3.05) is 5.32 Å². The van der Waals surface area contributed by atoms with Crippen molar-refractivity contribution in [1.29, 1.82) is 0 Å². The minimum absolute atomic E-state index is 0.677. The zero-order valence-corrected chi connectivity index (χ0v) is 9.28. The third kappa shape index (κ3) is 2.84. The Morgan fingerprint density at radius 2 is 1.94 bits per heavy atom. The van der Waals surface area contributed by atoms with Crippen molar-refractivity contribution in [1.82, 2.24) is 4.98 Å². The van der Waals surface area contributed by atoms with Gasteiger partial charge in [0.1, 0.15) is 0 Å². The topological polar surface area (TPSA) is 42.0 Å². The number of anilines is 1. The number of nitrogens with zero attached hydrogens (tertiary/aromatic N) is 1. The molecule has 1 amide bonds. The molecule has 0 bridgehead atoms. The van der Waals surface area contributed by atoms with E-state index in [-0.39, 0.29) is 0 Å². The van der Waals surface area contributed by atoms with E-state index in [0.29, 0.717) is 6.41 Å². The molecular formula is C12H10N2OS. The Morgan fingerprint density at radius 1 is 1.12 bits per heavy atom. The molecule has 0 radical (unpaired) electrons. The van der Waals surface area contributed by atoms with Gasteiger partial charge in [-0.15, -0.1) is 0 Å². The summed E-state index contributed by atoms with van der Waals surface area (Å²) in [4.78, 5) is 16.5. The van der Waals surface area contributed by atoms with Crippen LogP contribution < -0.4 is 5.32 Å². The average molecular weight is 230 g/mol. The number of aromatic nitrogens is 1. The predicted molar refractivity (Wildman–Crippen MR) is 64.5 cm³/mol. The number of benzene rings is 1. The Morgan fingerprint density at radius 3 is 2.69 bits per heavy atom. The van der Waals surface area contributed by atoms with Crippen molar-refractivity contribution in [3.63, 3.8) is 0 Å². The van der Waals surface area contributed by atoms with Crippen molar-refractivity contribution >= 4 is 23.9 Å². The lowest BCUT2D eigenvalue weighted by molar-refractivity contribution is -0.105. The second-order valence-electron chi connectivity index (χ2n) is 3.07. The zero-order chi connectivity index (χ0) is 11.2. The predicted octanol–water partition coefficient (Wildman–Crippen LogP) is 2.80. The number of amides is 1. The van der Waals surface area contributed by atoms with E-state index in [4.69, 9.17) is 0 Å². The quantitative estimate of drug-likeness (QED) is 0.821. The van der Waals surface area contributed by atoms with E-state index in [0.717, 1.165) is 15.5 Å². The van der Waals surface area contributed by atoms with Crippen molar-refractivity contribution in [3.8, 4) is 0 Å². The van der Waals surface area contributed by atoms with E-state index in [1.807, 2.05) is 36.4 Å². The molecule has 0 aliphatic rings. The SMILES string of the molecule is O=CNc1cccc(Sc2ccncc2)c1. The van der Waals surface area contributed by atoms with E-state index in [9.17, 15) is 4.79 Å². The Hall–Kier alpha value is -1.81. The number of hydrogen-bond donors (Lipinski definition) is 1. The maximum Gasteiger partial charge on any atom is 0.211 e. The summed E-state index contributed by atoms with van der Waals surface area (Å²) in [7, 11) is 0. The Balaban J connectivity index is 2.15. The molecule has 0 unspecified atom stereocenters. The summed E-state index contributed by atoms with van der Waals surface area (Å²) in [6, 6.07) is 11.6. The maximum atomic E-state index is 10.3. The third-order valence-corrected chi connectivity index (χ3v) is 2.94. The van der Waals surface area contributed by atoms with Crippen LogP contribution in [-0.4, -0.2) is 11.4 Å². The van der Waals surface area contributed by atoms with Gasteiger partial charge in [0.25, 0.3) is 0 Å². The fourth-order valence-electron chi connectivity index (χ4n) is 1.26. The summed E-state index contributed by atoms with van der Waals surface area (Å²) >= 11 is 1.63. The summed E-state index contributed by atoms with van der Waals surface area (Å²) < 4.78 is 0. The monoisotopic (exact) mass is 230 g/mol. The lowest BCUT2D eigenvalue weighted by atomic mass is 10.3. The average Bonchev–Trinajstić information content (AvgIpc) is 2.31. The van der Waals surface area contributed by atoms with Crippen LogP contribution in [0.3, 0.4) is 0 Å². The van der Waals surface area contributed by atoms with Crippen LogP contribution in [0.4, 0.5) is 5.69 Å². The Kier molecular flexibility index (Phi) is 3.56. The summed E-state index contributed by atoms with van der Waals surface area (Å²) in [5.41, 5.74) is 0.800. The van der Waals surface area contributed by atoms with Crippen LogP contribution in [0.1, 0.15) is 0 Å². The second kappa shape index (κ2) is 5.32. The van der Waals surface area contributed by atoms with Gasteiger partial charge in [-0.25, -0.2) is 0 Å². The van der Waals surface area contributed by atoms with Crippen LogP contribution in [0, 0.1) is 0 Å². The van der Waals surface area contributed by atoms with Crippen molar-refractivity contribution < 1.29 is 4.79 Å². The van der Waals surface area contributed by atoms with E-state index >= 15 is 0 Å². The van der Waals surface area contributed by atoms with Crippen LogP contribution in [0.15, 0.2) is 58.6 Å². The summed E-state index contributed by atoms with van der Waals surface area (Å²) in [6.45, 7) is 0. The number of nitrogens with one attached hydrogen (secondary N) is 1. The molecule has 0 spiro atoms. The number of rotatable bonds is 4. The molecule has 0 saturated carbocycles. The van der Waals surface area contributed by atoms with E-state index in [2.05, 4.69) is 10.3 Å². The smallest absolute Gasteiger partial charge is 0.211 e. The molecule has 2 rings (SSSR count). The Bertz CT molecular complexity index is 473. The third-order valence-electron chi connectivity index (χ3n) is 1.95. The number of carbonyl (C=O) groups is 1. The molecule has 1 aromatic heterocycles. The maximum absolute atomic E-state index is 10.3. The highest BCUT2D eigenvalue weighted by Crippen LogP contribution is 2.28. The molecule has 80 valence electrons. The van der Waals surface area contributed by atoms with Crippen LogP contribution in [-0.2, 0) is 4.79 Å². The number of hydrogen-bond acceptors (Lipinski definition) is 3. The van der Waals surface area contributed by atoms with Gasteiger partial charge in [-0.05, 0) is 30.3 Å². The number of carbonyl (C=O) groups excluding carboxylic acids is 1. The highest BCUT2D eigenvalue weighted by molar-refractivity contribution is 7.99. The van der Waals surface area contributed by atoms with E-state index < -0.39 is 0 Å². The normalized spacial score (nSPS) is 9.75. The minimum atomic E-state index is 0.677. The fraction of sp³-hybridized carbons (Fsp3) is 0. The molecule has 0 fully saturated rings. The molecule has 4 heteroatoms. The van der Waals surface area contributed by atoms with E-state index in [1.54, 1.807) is 24.2 Å². The highest BCUT2D eigenvalue weighted by atomic mass is 32.2. The van der Waals surface area contributed by atoms with Gasteiger partial charge in [0.2, 0.25) is 6.41 Å². The van der Waals surface area contributed by atoms with Gasteiger partial charge in [-0.3, -0.25) is 9.78 Å². The molecule has 0 aliphatic heterocycles. The van der Waals surface area contributed by atoms with Crippen LogP contribution >= 0.6 is 11.8 Å². The molecule has 1 N–H and O–H groups in total. The van der Waals surface area contributed by atoms with Gasteiger partial charge in [0.15, 0.2) is 0 Å². The van der Waals surface area contributed by atoms with Gasteiger partial charge in [-0.2, -0.15) is 0 Å². The first kappa shape index (κ1) is 10.7. The Labute approximate surface area is 97.9 Å². The molecule has 3 nitrogen and oxygen atoms in total. The second-order valence-corrected chi connectivity index (χ2v) is 4.22. The first-order chi connectivity index (χ1) is 7.88. The van der Waals surface area contributed by atoms with Gasteiger partial charge in [0, 0.05) is 27.9 Å². The lowest BCUT2D eigenvalue weighted by Gasteiger charge is -2.03. The van der Waals surface area contributed by atoms with Gasteiger partial charge in [-0.1, -0.05) is 17.8 Å². The molecule has 1 aromatic carbocycles. The summed E-state index contributed by atoms with van der Waals surface area (Å²) in [6.07, 6.45) is 4.20. The molecule has 0 aliphatic carbocycles. The van der Waals surface area contributed by atoms with Crippen LogP contribution in [0.5, 0.6) is 0 Å². The minimum Gasteiger partial charge on any atom is -0.329 e. The fourth-order valence-corrected chi connectivity index (χ4v) is 2.12. The first-order valence-corrected chi connectivity index (χ1v) is 5.58. The number of pyridine rings is 1. The van der Waals surface area contributed by atoms with E-state index in [1.165, 1.54) is 0 Å². The standard InChI is InChI=1S/C12H10N2OS/c15-9-14-10-2-1-3-12(8-10)16-11-4-6-13-7-5-11/h1-9H,(H,14,15). The van der Waals surface area contributed by atoms with Gasteiger partial charge in [0.05, 0.1) is 0 Å². The van der Waals surface area contributed by atoms with Crippen molar-refractivity contribution in [2.24, 2.45) is 0 Å². The zero-order valence-electron chi connectivity index (χ0n) is 8.46. The molecule has 16 heavy (non-hydrogen) atoms. The van der Waals surface area contributed by atoms with Crippen molar-refractivity contribution in [2.45, 2.75) is 9.79 Å². The molecule has 0 atom stereocenters. The summed E-state index contributed by atoms with van der Waals surface area (Å²) in [5, 5.41) is 2.63. The molecular weight excluding hydrogens is 220 g/mol. The van der Waals surface area contributed by atoms with Crippen molar-refractivity contribution in [3.05, 3.63) is 48.8 Å². The largest absolute Gasteiger partial charge is 0.329 e. The van der Waals surface area contributed by atoms with Crippen LogP contribution in [0.2, 0.25) is 0 Å². The lowest BCUT2D eigenvalue weighted by Crippen LogP contribution is -1.92. The van der Waals surface area contributed by atoms with Gasteiger partial charge < -0.3 is 5.32 Å². The molecule has 0 saturated heterocycles. The molecule has 2 aromatic rings. The first-order valence-electron chi connectivity index (χ1n) is 4.76.